The standard InChI is InChI=1S/C54H100N8OS/c1-52(2,3)32-18-22-36-40(28-32)48-55-44(36)57-49-42-30-34(54(7,8)9)20-24-38(42)46(59-49)61-51-43-31-35(63-26-16-14-12-10-11-13-15-17-27-64)21-25-39(43)47(62-51)60-50-41-29-33(53(4,5)6)19-23-37(41)45(56-48)58-50/h32-51,55-62,64H,10-31H2,1-9H3. The van der Waals surface area contributed by atoms with Crippen molar-refractivity contribution in [2.75, 3.05) is 12.4 Å². The van der Waals surface area contributed by atoms with Crippen LogP contribution in [-0.2, 0) is 4.74 Å². The molecule has 8 N–H and O–H groups in total. The molecular formula is C54H100N8OS. The second-order valence-corrected chi connectivity index (χ2v) is 27.4. The fourth-order valence-corrected chi connectivity index (χ4v) is 16.2. The predicted molar refractivity (Wildman–Crippen MR) is 268 cm³/mol. The molecule has 5 aliphatic heterocycles. The van der Waals surface area contributed by atoms with Crippen LogP contribution in [0.25, 0.3) is 0 Å². The Labute approximate surface area is 398 Å². The minimum Gasteiger partial charge on any atom is -0.378 e. The van der Waals surface area contributed by atoms with E-state index in [-0.39, 0.29) is 6.17 Å². The Morgan fingerprint density at radius 3 is 0.953 bits per heavy atom. The van der Waals surface area contributed by atoms with Crippen molar-refractivity contribution in [2.24, 2.45) is 81.3 Å². The second-order valence-electron chi connectivity index (χ2n) is 27.0. The topological polar surface area (TPSA) is 105 Å². The lowest BCUT2D eigenvalue weighted by Gasteiger charge is -2.43. The van der Waals surface area contributed by atoms with Crippen LogP contribution in [0.1, 0.15) is 191 Å². The van der Waals surface area contributed by atoms with Gasteiger partial charge in [0.15, 0.2) is 0 Å². The molecule has 0 spiro atoms. The van der Waals surface area contributed by atoms with E-state index in [4.69, 9.17) is 4.74 Å². The molecule has 5 heterocycles. The first-order valence-electron chi connectivity index (χ1n) is 27.9. The summed E-state index contributed by atoms with van der Waals surface area (Å²) in [6.07, 6.45) is 29.0. The SMILES string of the molecule is CC(C)(C)C1CCC2C3NC(NC4NC(NC5NC(NC6NC(N3)C3CC(C(C)(C)C)CCC63)C3CC(C(C)(C)C)CCC53)C3CC(OCCCCCCCCCCS)CCC43)C2C1. The Morgan fingerprint density at radius 1 is 0.344 bits per heavy atom. The van der Waals surface area contributed by atoms with Crippen molar-refractivity contribution >= 4 is 12.6 Å². The van der Waals surface area contributed by atoms with Crippen LogP contribution >= 0.6 is 12.6 Å². The lowest BCUT2D eigenvalue weighted by atomic mass is 9.64. The highest BCUT2D eigenvalue weighted by Crippen LogP contribution is 2.52. The number of nitrogens with one attached hydrogen (secondary N) is 8. The van der Waals surface area contributed by atoms with Gasteiger partial charge in [-0.15, -0.1) is 0 Å². The van der Waals surface area contributed by atoms with Gasteiger partial charge in [0.05, 0.1) is 55.4 Å². The number of hydrogen-bond acceptors (Lipinski definition) is 10. The molecule has 9 rings (SSSR count). The van der Waals surface area contributed by atoms with Gasteiger partial charge < -0.3 is 4.74 Å². The van der Waals surface area contributed by atoms with E-state index in [2.05, 4.69) is 117 Å². The third kappa shape index (κ3) is 10.8. The molecule has 9 nitrogen and oxygen atoms in total. The molecule has 4 saturated carbocycles. The average molecular weight is 910 g/mol. The van der Waals surface area contributed by atoms with E-state index in [1.807, 2.05) is 0 Å². The highest BCUT2D eigenvalue weighted by atomic mass is 32.1. The lowest BCUT2D eigenvalue weighted by molar-refractivity contribution is -0.00747. The van der Waals surface area contributed by atoms with Crippen LogP contribution in [-0.4, -0.2) is 67.8 Å². The van der Waals surface area contributed by atoms with Crippen molar-refractivity contribution in [1.82, 2.24) is 42.5 Å². The monoisotopic (exact) mass is 909 g/mol. The summed E-state index contributed by atoms with van der Waals surface area (Å²) in [5, 5.41) is 35.2. The molecule has 368 valence electrons. The zero-order valence-electron chi connectivity index (χ0n) is 42.5. The second kappa shape index (κ2) is 20.4. The number of fused-ring (bicyclic) bond motifs is 20. The van der Waals surface area contributed by atoms with Crippen LogP contribution in [0.4, 0.5) is 0 Å². The van der Waals surface area contributed by atoms with Gasteiger partial charge in [-0.25, -0.2) is 0 Å². The van der Waals surface area contributed by atoms with Crippen LogP contribution in [0.2, 0.25) is 0 Å². The molecule has 0 aromatic rings. The van der Waals surface area contributed by atoms with Gasteiger partial charge in [-0.2, -0.15) is 12.6 Å². The van der Waals surface area contributed by atoms with Crippen molar-refractivity contribution in [3.8, 4) is 0 Å². The van der Waals surface area contributed by atoms with Gasteiger partial charge in [0.1, 0.15) is 0 Å². The van der Waals surface area contributed by atoms with Crippen molar-refractivity contribution in [1.29, 1.82) is 0 Å². The zero-order valence-corrected chi connectivity index (χ0v) is 43.4. The first-order chi connectivity index (χ1) is 30.5. The number of thiol groups is 1. The Kier molecular flexibility index (Phi) is 15.6. The van der Waals surface area contributed by atoms with E-state index in [1.54, 1.807) is 0 Å². The van der Waals surface area contributed by atoms with Gasteiger partial charge in [-0.3, -0.25) is 42.5 Å². The van der Waals surface area contributed by atoms with Gasteiger partial charge in [0.2, 0.25) is 0 Å². The highest BCUT2D eigenvalue weighted by Gasteiger charge is 2.57. The van der Waals surface area contributed by atoms with Crippen LogP contribution in [0, 0.1) is 81.3 Å². The van der Waals surface area contributed by atoms with Crippen LogP contribution < -0.4 is 42.5 Å². The highest BCUT2D eigenvalue weighted by molar-refractivity contribution is 7.80. The smallest absolute Gasteiger partial charge is 0.0629 e. The third-order valence-corrected chi connectivity index (χ3v) is 20.5. The molecule has 64 heavy (non-hydrogen) atoms. The van der Waals surface area contributed by atoms with Crippen LogP contribution in [0.3, 0.4) is 0 Å². The van der Waals surface area contributed by atoms with E-state index in [9.17, 15) is 0 Å². The fraction of sp³-hybridized carbons (Fsp3) is 1.00. The maximum atomic E-state index is 6.83. The molecule has 20 atom stereocenters. The molecule has 9 fully saturated rings. The molecule has 5 saturated heterocycles. The van der Waals surface area contributed by atoms with E-state index >= 15 is 0 Å². The Balaban J connectivity index is 0.964. The summed E-state index contributed by atoms with van der Waals surface area (Å²) in [5.41, 5.74) is 1.02. The lowest BCUT2D eigenvalue weighted by Crippen LogP contribution is -2.61. The van der Waals surface area contributed by atoms with Crippen molar-refractivity contribution in [3.05, 3.63) is 0 Å². The molecule has 9 aliphatic rings. The van der Waals surface area contributed by atoms with E-state index in [0.717, 1.165) is 30.1 Å². The minimum absolute atomic E-state index is 0.271. The Morgan fingerprint density at radius 2 is 0.625 bits per heavy atom. The molecule has 0 aromatic heterocycles. The summed E-state index contributed by atoms with van der Waals surface area (Å²) in [5.74, 6) is 8.30. The summed E-state index contributed by atoms with van der Waals surface area (Å²) >= 11 is 4.39. The quantitative estimate of drug-likeness (QED) is 0.0742. The van der Waals surface area contributed by atoms with E-state index in [1.165, 1.54) is 128 Å². The van der Waals surface area contributed by atoms with Crippen LogP contribution in [0.15, 0.2) is 0 Å². The first-order valence-corrected chi connectivity index (χ1v) is 28.5. The molecular weight excluding hydrogens is 809 g/mol. The molecule has 8 bridgehead atoms. The maximum absolute atomic E-state index is 6.83. The molecule has 0 aromatic carbocycles. The number of ether oxygens (including phenoxy) is 1. The minimum atomic E-state index is 0.271. The van der Waals surface area contributed by atoms with Crippen molar-refractivity contribution in [3.63, 3.8) is 0 Å². The number of rotatable bonds is 11. The fourth-order valence-electron chi connectivity index (χ4n) is 16.0. The van der Waals surface area contributed by atoms with Gasteiger partial charge in [-0.05, 0) is 177 Å². The Bertz CT molecular complexity index is 1480. The number of hydrogen-bond donors (Lipinski definition) is 9. The van der Waals surface area contributed by atoms with Gasteiger partial charge in [0.25, 0.3) is 0 Å². The molecule has 4 aliphatic carbocycles. The molecule has 10 heteroatoms. The molecule has 20 unspecified atom stereocenters. The van der Waals surface area contributed by atoms with E-state index in [0.29, 0.717) is 113 Å². The third-order valence-electron chi connectivity index (χ3n) is 20.2. The number of unbranched alkanes of at least 4 members (excludes halogenated alkanes) is 7. The summed E-state index contributed by atoms with van der Waals surface area (Å²) in [4.78, 5) is 0. The average Bonchev–Trinajstić information content (AvgIpc) is 3.98. The molecule has 0 radical (unpaired) electrons. The Hall–Kier alpha value is -0.0100. The summed E-state index contributed by atoms with van der Waals surface area (Å²) in [6, 6.07) is 0. The summed E-state index contributed by atoms with van der Waals surface area (Å²) < 4.78 is 6.83. The van der Waals surface area contributed by atoms with Crippen LogP contribution in [0.5, 0.6) is 0 Å². The van der Waals surface area contributed by atoms with Gasteiger partial charge in [-0.1, -0.05) is 101 Å². The summed E-state index contributed by atoms with van der Waals surface area (Å²) in [6.45, 7) is 23.4. The first kappa shape index (κ1) is 49.0. The summed E-state index contributed by atoms with van der Waals surface area (Å²) in [7, 11) is 0. The zero-order chi connectivity index (χ0) is 45.0. The maximum Gasteiger partial charge on any atom is 0.0629 e. The van der Waals surface area contributed by atoms with Gasteiger partial charge in [0, 0.05) is 6.61 Å². The van der Waals surface area contributed by atoms with Crippen molar-refractivity contribution in [2.45, 2.75) is 246 Å². The predicted octanol–water partition coefficient (Wildman–Crippen LogP) is 9.47. The largest absolute Gasteiger partial charge is 0.378 e. The van der Waals surface area contributed by atoms with Crippen molar-refractivity contribution < 1.29 is 4.74 Å². The van der Waals surface area contributed by atoms with E-state index < -0.39 is 0 Å². The van der Waals surface area contributed by atoms with Gasteiger partial charge >= 0.3 is 0 Å². The normalized spacial score (nSPS) is 46.0. The molecule has 0 amide bonds.